The molecule has 0 bridgehead atoms. The number of pyridine rings is 1. The molecule has 0 aliphatic heterocycles. The van der Waals surface area contributed by atoms with Crippen molar-refractivity contribution in [1.29, 1.82) is 0 Å². The third-order valence-electron chi connectivity index (χ3n) is 2.81. The molecule has 1 atom stereocenters. The molecule has 96 valence electrons. The van der Waals surface area contributed by atoms with Gasteiger partial charge in [-0.25, -0.2) is 0 Å². The zero-order chi connectivity index (χ0) is 12.8. The second-order valence-corrected chi connectivity index (χ2v) is 4.08. The summed E-state index contributed by atoms with van der Waals surface area (Å²) in [7, 11) is 3.58. The average Bonchev–Trinajstić information content (AvgIpc) is 2.43. The number of aromatic nitrogens is 1. The highest BCUT2D eigenvalue weighted by atomic mass is 16.5. The summed E-state index contributed by atoms with van der Waals surface area (Å²) in [6.07, 6.45) is 1.78. The fourth-order valence-electron chi connectivity index (χ4n) is 1.80. The van der Waals surface area contributed by atoms with Crippen molar-refractivity contribution in [3.8, 4) is 5.75 Å². The monoisotopic (exact) mass is 246 g/mol. The van der Waals surface area contributed by atoms with Gasteiger partial charge >= 0.3 is 0 Å². The highest BCUT2D eigenvalue weighted by Gasteiger charge is 2.08. The van der Waals surface area contributed by atoms with Crippen LogP contribution >= 0.6 is 0 Å². The van der Waals surface area contributed by atoms with E-state index in [0.717, 1.165) is 16.7 Å². The number of likely N-dealkylation sites (N-methyl/N-ethyl adjacent to an activating group) is 1. The van der Waals surface area contributed by atoms with Gasteiger partial charge in [-0.15, -0.1) is 0 Å². The van der Waals surface area contributed by atoms with E-state index in [4.69, 9.17) is 9.47 Å². The highest BCUT2D eigenvalue weighted by Crippen LogP contribution is 2.22. The Morgan fingerprint density at radius 3 is 2.83 bits per heavy atom. The van der Waals surface area contributed by atoms with Crippen LogP contribution in [0.5, 0.6) is 5.75 Å². The average molecular weight is 246 g/mol. The van der Waals surface area contributed by atoms with Crippen molar-refractivity contribution in [1.82, 2.24) is 10.3 Å². The van der Waals surface area contributed by atoms with Crippen molar-refractivity contribution < 1.29 is 9.47 Å². The van der Waals surface area contributed by atoms with Crippen molar-refractivity contribution in [3.05, 3.63) is 36.5 Å². The molecule has 1 aromatic heterocycles. The van der Waals surface area contributed by atoms with Crippen LogP contribution in [0, 0.1) is 0 Å². The molecule has 1 unspecified atom stereocenters. The zero-order valence-electron chi connectivity index (χ0n) is 10.7. The van der Waals surface area contributed by atoms with E-state index >= 15 is 0 Å². The van der Waals surface area contributed by atoms with E-state index in [1.54, 1.807) is 13.3 Å². The standard InChI is InChI=1S/C14H18N2O2/c1-15-12(9-17-2)10-18-13-7-3-5-11-6-4-8-16-14(11)13/h3-8,12,15H,9-10H2,1-2H3. The summed E-state index contributed by atoms with van der Waals surface area (Å²) in [5.41, 5.74) is 0.896. The maximum Gasteiger partial charge on any atom is 0.145 e. The third kappa shape index (κ3) is 2.97. The number of nitrogens with zero attached hydrogens (tertiary/aromatic N) is 1. The van der Waals surface area contributed by atoms with Crippen LogP contribution in [0.25, 0.3) is 10.9 Å². The second kappa shape index (κ2) is 6.33. The van der Waals surface area contributed by atoms with Crippen LogP contribution in [0.15, 0.2) is 36.5 Å². The minimum absolute atomic E-state index is 0.175. The molecular formula is C14H18N2O2. The van der Waals surface area contributed by atoms with Gasteiger partial charge in [-0.2, -0.15) is 0 Å². The molecule has 1 N–H and O–H groups in total. The van der Waals surface area contributed by atoms with E-state index in [-0.39, 0.29) is 6.04 Å². The Bertz CT molecular complexity index is 497. The number of hydrogen-bond acceptors (Lipinski definition) is 4. The summed E-state index contributed by atoms with van der Waals surface area (Å²) in [4.78, 5) is 4.35. The quantitative estimate of drug-likeness (QED) is 0.844. The van der Waals surface area contributed by atoms with Crippen LogP contribution in [0.2, 0.25) is 0 Å². The molecule has 1 aromatic carbocycles. The predicted molar refractivity (Wildman–Crippen MR) is 72.0 cm³/mol. The van der Waals surface area contributed by atoms with Crippen molar-refractivity contribution >= 4 is 10.9 Å². The van der Waals surface area contributed by atoms with Crippen LogP contribution < -0.4 is 10.1 Å². The molecule has 0 radical (unpaired) electrons. The first-order valence-electron chi connectivity index (χ1n) is 5.98. The first kappa shape index (κ1) is 12.8. The van der Waals surface area contributed by atoms with Gasteiger partial charge in [0.1, 0.15) is 17.9 Å². The number of benzene rings is 1. The Labute approximate surface area is 107 Å². The minimum Gasteiger partial charge on any atom is -0.490 e. The van der Waals surface area contributed by atoms with Gasteiger partial charge in [-0.05, 0) is 19.2 Å². The van der Waals surface area contributed by atoms with Crippen molar-refractivity contribution in [2.45, 2.75) is 6.04 Å². The fraction of sp³-hybridized carbons (Fsp3) is 0.357. The Hall–Kier alpha value is -1.65. The lowest BCUT2D eigenvalue weighted by molar-refractivity contribution is 0.140. The molecule has 2 rings (SSSR count). The molecule has 0 aliphatic carbocycles. The van der Waals surface area contributed by atoms with Crippen molar-refractivity contribution in [3.63, 3.8) is 0 Å². The van der Waals surface area contributed by atoms with Gasteiger partial charge in [0.2, 0.25) is 0 Å². The number of hydrogen-bond donors (Lipinski definition) is 1. The number of methoxy groups -OCH3 is 1. The predicted octanol–water partition coefficient (Wildman–Crippen LogP) is 1.85. The van der Waals surface area contributed by atoms with Gasteiger partial charge in [0.15, 0.2) is 0 Å². The molecular weight excluding hydrogens is 228 g/mol. The molecule has 0 aliphatic rings. The maximum absolute atomic E-state index is 5.82. The number of rotatable bonds is 6. The van der Waals surface area contributed by atoms with Crippen LogP contribution in [0.3, 0.4) is 0 Å². The maximum atomic E-state index is 5.82. The topological polar surface area (TPSA) is 43.4 Å². The van der Waals surface area contributed by atoms with E-state index in [9.17, 15) is 0 Å². The smallest absolute Gasteiger partial charge is 0.145 e. The van der Waals surface area contributed by atoms with Crippen LogP contribution in [0.1, 0.15) is 0 Å². The lowest BCUT2D eigenvalue weighted by Crippen LogP contribution is -2.35. The Kier molecular flexibility index (Phi) is 4.50. The summed E-state index contributed by atoms with van der Waals surface area (Å²) in [5.74, 6) is 0.810. The van der Waals surface area contributed by atoms with Crippen molar-refractivity contribution in [2.24, 2.45) is 0 Å². The largest absolute Gasteiger partial charge is 0.490 e. The van der Waals surface area contributed by atoms with Gasteiger partial charge in [0.25, 0.3) is 0 Å². The fourth-order valence-corrected chi connectivity index (χ4v) is 1.80. The SMILES string of the molecule is CNC(COC)COc1cccc2cccnc12. The lowest BCUT2D eigenvalue weighted by Gasteiger charge is -2.16. The molecule has 1 heterocycles. The number of ether oxygens (including phenoxy) is 2. The molecule has 0 spiro atoms. The molecule has 4 nitrogen and oxygen atoms in total. The molecule has 4 heteroatoms. The van der Waals surface area contributed by atoms with E-state index in [2.05, 4.69) is 10.3 Å². The summed E-state index contributed by atoms with van der Waals surface area (Å²) in [5, 5.41) is 4.24. The van der Waals surface area contributed by atoms with Crippen LogP contribution in [0.4, 0.5) is 0 Å². The minimum atomic E-state index is 0.175. The molecule has 0 amide bonds. The summed E-state index contributed by atoms with van der Waals surface area (Å²) in [6, 6.07) is 10.1. The third-order valence-corrected chi connectivity index (χ3v) is 2.81. The number of fused-ring (bicyclic) bond motifs is 1. The molecule has 18 heavy (non-hydrogen) atoms. The summed E-state index contributed by atoms with van der Waals surface area (Å²) in [6.45, 7) is 1.18. The normalized spacial score (nSPS) is 12.6. The second-order valence-electron chi connectivity index (χ2n) is 4.08. The van der Waals surface area contributed by atoms with Gasteiger partial charge in [-0.1, -0.05) is 18.2 Å². The van der Waals surface area contributed by atoms with Gasteiger partial charge in [-0.3, -0.25) is 4.98 Å². The highest BCUT2D eigenvalue weighted by molar-refractivity contribution is 5.84. The first-order chi connectivity index (χ1) is 8.85. The Morgan fingerprint density at radius 2 is 2.06 bits per heavy atom. The van der Waals surface area contributed by atoms with Crippen LogP contribution in [-0.2, 0) is 4.74 Å². The molecule has 0 saturated heterocycles. The van der Waals surface area contributed by atoms with E-state index in [1.165, 1.54) is 0 Å². The van der Waals surface area contributed by atoms with Gasteiger partial charge in [0, 0.05) is 18.7 Å². The van der Waals surface area contributed by atoms with E-state index < -0.39 is 0 Å². The van der Waals surface area contributed by atoms with Gasteiger partial charge < -0.3 is 14.8 Å². The summed E-state index contributed by atoms with van der Waals surface area (Å²) >= 11 is 0. The molecule has 0 saturated carbocycles. The first-order valence-corrected chi connectivity index (χ1v) is 5.98. The molecule has 0 fully saturated rings. The lowest BCUT2D eigenvalue weighted by atomic mass is 10.2. The van der Waals surface area contributed by atoms with Gasteiger partial charge in [0.05, 0.1) is 12.6 Å². The Morgan fingerprint density at radius 1 is 1.22 bits per heavy atom. The van der Waals surface area contributed by atoms with E-state index in [1.807, 2.05) is 37.4 Å². The molecule has 2 aromatic rings. The van der Waals surface area contributed by atoms with E-state index in [0.29, 0.717) is 13.2 Å². The van der Waals surface area contributed by atoms with Crippen molar-refractivity contribution in [2.75, 3.05) is 27.4 Å². The number of para-hydroxylation sites is 1. The summed E-state index contributed by atoms with van der Waals surface area (Å²) < 4.78 is 10.9. The zero-order valence-corrected chi connectivity index (χ0v) is 10.7. The van der Waals surface area contributed by atoms with Crippen LogP contribution in [-0.4, -0.2) is 38.4 Å². The Balaban J connectivity index is 2.11. The number of nitrogens with one attached hydrogen (secondary N) is 1.